The van der Waals surface area contributed by atoms with Gasteiger partial charge in [0.15, 0.2) is 28.9 Å². The Bertz CT molecular complexity index is 1460. The molecule has 0 radical (unpaired) electrons. The first-order valence-corrected chi connectivity index (χ1v) is 12.2. The largest absolute Gasteiger partial charge is 0.482 e. The number of nitrogens with zero attached hydrogens (tertiary/aromatic N) is 1. The number of oxazole rings is 1. The second-order valence-corrected chi connectivity index (χ2v) is 9.86. The first-order valence-electron chi connectivity index (χ1n) is 9.85. The summed E-state index contributed by atoms with van der Waals surface area (Å²) in [6.07, 6.45) is 0. The van der Waals surface area contributed by atoms with Gasteiger partial charge in [0.1, 0.15) is 11.3 Å². The Kier molecular flexibility index (Phi) is 7.70. The van der Waals surface area contributed by atoms with Crippen molar-refractivity contribution in [1.29, 1.82) is 0 Å². The third kappa shape index (κ3) is 5.97. The first kappa shape index (κ1) is 25.5. The van der Waals surface area contributed by atoms with Gasteiger partial charge >= 0.3 is 0 Å². The predicted molar refractivity (Wildman–Crippen MR) is 141 cm³/mol. The number of carbonyl (C=O) groups is 1. The highest BCUT2D eigenvalue weighted by atomic mass is 79.9. The van der Waals surface area contributed by atoms with Gasteiger partial charge in [-0.25, -0.2) is 13.8 Å². The highest BCUT2D eigenvalue weighted by Gasteiger charge is 2.16. The molecule has 1 aromatic heterocycles. The van der Waals surface area contributed by atoms with E-state index in [1.807, 2.05) is 19.1 Å². The topological polar surface area (TPSA) is 76.4 Å². The van der Waals surface area contributed by atoms with Crippen molar-refractivity contribution in [3.63, 3.8) is 0 Å². The number of hydrogen-bond acceptors (Lipinski definition) is 5. The van der Waals surface area contributed by atoms with Gasteiger partial charge in [0, 0.05) is 10.2 Å². The minimum absolute atomic E-state index is 0.0310. The summed E-state index contributed by atoms with van der Waals surface area (Å²) >= 11 is 18.0. The number of fused-ring (bicyclic) bond motifs is 1. The van der Waals surface area contributed by atoms with Crippen LogP contribution in [0.3, 0.4) is 0 Å². The van der Waals surface area contributed by atoms with Crippen molar-refractivity contribution in [2.75, 3.05) is 11.9 Å². The number of thiocarbonyl (C=S) groups is 1. The normalized spacial score (nSPS) is 10.9. The maximum Gasteiger partial charge on any atom is 0.264 e. The summed E-state index contributed by atoms with van der Waals surface area (Å²) in [5, 5.41) is 5.44. The molecule has 0 aliphatic rings. The van der Waals surface area contributed by atoms with E-state index in [1.165, 1.54) is 0 Å². The molecule has 3 aromatic carbocycles. The summed E-state index contributed by atoms with van der Waals surface area (Å²) in [4.78, 5) is 16.6. The van der Waals surface area contributed by atoms with Crippen LogP contribution in [0.2, 0.25) is 5.02 Å². The van der Waals surface area contributed by atoms with Crippen molar-refractivity contribution in [2.24, 2.45) is 0 Å². The Balaban J connectivity index is 1.41. The Hall–Kier alpha value is -2.60. The molecule has 1 amide bonds. The standard InChI is InChI=1S/C23H14Br2ClF2N3O3S/c1-10-4-11(24)5-14(25)21(10)33-9-20(32)31-23(35)29-12-2-3-19-18(6-12)30-22(34-19)13-7-16(27)17(28)8-15(13)26/h2-8H,9H2,1H3,(H2,29,31,32,35). The Morgan fingerprint density at radius 3 is 2.66 bits per heavy atom. The number of ether oxygens (including phenoxy) is 1. The lowest BCUT2D eigenvalue weighted by Gasteiger charge is -2.13. The van der Waals surface area contributed by atoms with E-state index in [9.17, 15) is 13.6 Å². The van der Waals surface area contributed by atoms with Crippen molar-refractivity contribution in [3.05, 3.63) is 73.6 Å². The third-order valence-corrected chi connectivity index (χ3v) is 6.24. The van der Waals surface area contributed by atoms with Gasteiger partial charge in [-0.15, -0.1) is 0 Å². The molecular weight excluding hydrogens is 632 g/mol. The summed E-state index contributed by atoms with van der Waals surface area (Å²) in [6.45, 7) is 1.62. The molecule has 0 atom stereocenters. The second kappa shape index (κ2) is 10.6. The number of amides is 1. The van der Waals surface area contributed by atoms with Gasteiger partial charge in [-0.1, -0.05) is 27.5 Å². The fraction of sp³-hybridized carbons (Fsp3) is 0.0870. The average Bonchev–Trinajstić information content (AvgIpc) is 3.18. The van der Waals surface area contributed by atoms with E-state index in [0.717, 1.165) is 22.2 Å². The molecule has 0 saturated heterocycles. The van der Waals surface area contributed by atoms with E-state index >= 15 is 0 Å². The van der Waals surface area contributed by atoms with Gasteiger partial charge in [0.05, 0.1) is 15.1 Å². The predicted octanol–water partition coefficient (Wildman–Crippen LogP) is 7.15. The molecule has 35 heavy (non-hydrogen) atoms. The van der Waals surface area contributed by atoms with E-state index in [2.05, 4.69) is 47.5 Å². The molecule has 4 aromatic rings. The first-order chi connectivity index (χ1) is 16.6. The van der Waals surface area contributed by atoms with Crippen LogP contribution in [-0.2, 0) is 4.79 Å². The molecule has 2 N–H and O–H groups in total. The van der Waals surface area contributed by atoms with Crippen molar-refractivity contribution in [1.82, 2.24) is 10.3 Å². The molecule has 0 unspecified atom stereocenters. The lowest BCUT2D eigenvalue weighted by molar-refractivity contribution is -0.121. The molecule has 12 heteroatoms. The van der Waals surface area contributed by atoms with Gasteiger partial charge in [-0.05, 0) is 83.1 Å². The third-order valence-electron chi connectivity index (χ3n) is 4.68. The van der Waals surface area contributed by atoms with Crippen LogP contribution < -0.4 is 15.4 Å². The van der Waals surface area contributed by atoms with Gasteiger partial charge in [0.25, 0.3) is 5.91 Å². The lowest BCUT2D eigenvalue weighted by atomic mass is 10.2. The Morgan fingerprint density at radius 1 is 1.17 bits per heavy atom. The van der Waals surface area contributed by atoms with Crippen LogP contribution in [-0.4, -0.2) is 22.6 Å². The molecule has 180 valence electrons. The molecule has 0 saturated carbocycles. The van der Waals surface area contributed by atoms with Crippen LogP contribution in [0.1, 0.15) is 5.56 Å². The molecule has 0 spiro atoms. The van der Waals surface area contributed by atoms with Crippen LogP contribution >= 0.6 is 55.7 Å². The summed E-state index contributed by atoms with van der Waals surface area (Å²) in [6, 6.07) is 10.4. The molecule has 4 rings (SSSR count). The van der Waals surface area contributed by atoms with Gasteiger partial charge in [-0.2, -0.15) is 0 Å². The SMILES string of the molecule is Cc1cc(Br)cc(Br)c1OCC(=O)NC(=S)Nc1ccc2oc(-c3cc(F)c(F)cc3Cl)nc2c1. The van der Waals surface area contributed by atoms with Crippen molar-refractivity contribution < 1.29 is 22.7 Å². The van der Waals surface area contributed by atoms with Gasteiger partial charge in [-0.3, -0.25) is 10.1 Å². The quantitative estimate of drug-likeness (QED) is 0.177. The smallest absolute Gasteiger partial charge is 0.264 e. The van der Waals surface area contributed by atoms with E-state index in [1.54, 1.807) is 18.2 Å². The molecule has 0 fully saturated rings. The molecule has 0 aliphatic carbocycles. The fourth-order valence-electron chi connectivity index (χ4n) is 3.14. The summed E-state index contributed by atoms with van der Waals surface area (Å²) in [7, 11) is 0. The number of nitrogens with one attached hydrogen (secondary N) is 2. The maximum absolute atomic E-state index is 13.6. The minimum Gasteiger partial charge on any atom is -0.482 e. The summed E-state index contributed by atoms with van der Waals surface area (Å²) < 4.78 is 39.8. The van der Waals surface area contributed by atoms with E-state index in [0.29, 0.717) is 27.0 Å². The molecule has 0 bridgehead atoms. The summed E-state index contributed by atoms with van der Waals surface area (Å²) in [5.41, 5.74) is 2.30. The number of rotatable bonds is 5. The van der Waals surface area contributed by atoms with Crippen LogP contribution in [0, 0.1) is 18.6 Å². The van der Waals surface area contributed by atoms with E-state index in [4.69, 9.17) is 33.0 Å². The van der Waals surface area contributed by atoms with Crippen LogP contribution in [0.15, 0.2) is 55.8 Å². The number of aromatic nitrogens is 1. The van der Waals surface area contributed by atoms with Crippen molar-refractivity contribution in [2.45, 2.75) is 6.92 Å². The highest BCUT2D eigenvalue weighted by molar-refractivity contribution is 9.11. The zero-order valence-electron chi connectivity index (χ0n) is 17.7. The van der Waals surface area contributed by atoms with E-state index in [-0.39, 0.29) is 28.2 Å². The van der Waals surface area contributed by atoms with E-state index < -0.39 is 17.5 Å². The van der Waals surface area contributed by atoms with Crippen molar-refractivity contribution >= 4 is 83.5 Å². The second-order valence-electron chi connectivity index (χ2n) is 7.27. The lowest BCUT2D eigenvalue weighted by Crippen LogP contribution is -2.37. The Labute approximate surface area is 225 Å². The fourth-order valence-corrected chi connectivity index (χ4v) is 5.16. The molecule has 6 nitrogen and oxygen atoms in total. The van der Waals surface area contributed by atoms with Crippen LogP contribution in [0.25, 0.3) is 22.6 Å². The minimum atomic E-state index is -1.07. The number of anilines is 1. The molecular formula is C23H14Br2ClF2N3O3S. The zero-order chi connectivity index (χ0) is 25.3. The number of aryl methyl sites for hydroxylation is 1. The van der Waals surface area contributed by atoms with Crippen LogP contribution in [0.5, 0.6) is 5.75 Å². The van der Waals surface area contributed by atoms with Gasteiger partial charge in [0.2, 0.25) is 5.89 Å². The zero-order valence-corrected chi connectivity index (χ0v) is 22.5. The van der Waals surface area contributed by atoms with Crippen LogP contribution in [0.4, 0.5) is 14.5 Å². The van der Waals surface area contributed by atoms with Gasteiger partial charge < -0.3 is 14.5 Å². The number of benzene rings is 3. The number of hydrogen-bond donors (Lipinski definition) is 2. The average molecular weight is 646 g/mol. The monoisotopic (exact) mass is 643 g/mol. The molecule has 0 aliphatic heterocycles. The maximum atomic E-state index is 13.6. The Morgan fingerprint density at radius 2 is 1.91 bits per heavy atom. The number of halogens is 5. The summed E-state index contributed by atoms with van der Waals surface area (Å²) in [5.74, 6) is -2.00. The molecule has 1 heterocycles. The highest BCUT2D eigenvalue weighted by Crippen LogP contribution is 2.33. The number of carbonyl (C=O) groups excluding carboxylic acids is 1. The van der Waals surface area contributed by atoms with Crippen molar-refractivity contribution in [3.8, 4) is 17.2 Å².